The Hall–Kier alpha value is -4.12. The number of benzene rings is 1. The van der Waals surface area contributed by atoms with E-state index in [0.29, 0.717) is 5.69 Å². The van der Waals surface area contributed by atoms with Gasteiger partial charge < -0.3 is 14.9 Å². The molecule has 8 nitrogen and oxygen atoms in total. The fourth-order valence-corrected chi connectivity index (χ4v) is 1.71. The molecular formula is C21H22N2O6. The van der Waals surface area contributed by atoms with Crippen molar-refractivity contribution in [1.82, 2.24) is 0 Å². The van der Waals surface area contributed by atoms with Crippen LogP contribution in [-0.2, 0) is 19.1 Å². The maximum Gasteiger partial charge on any atom is 0.337 e. The molecule has 0 heterocycles. The topological polar surface area (TPSA) is 128 Å². The average molecular weight is 398 g/mol. The first-order valence-corrected chi connectivity index (χ1v) is 8.26. The molecule has 0 radical (unpaired) electrons. The highest BCUT2D eigenvalue weighted by atomic mass is 16.5. The van der Waals surface area contributed by atoms with E-state index in [9.17, 15) is 14.4 Å². The molecule has 0 unspecified atom stereocenters. The van der Waals surface area contributed by atoms with Gasteiger partial charge in [0.2, 0.25) is 0 Å². The molecule has 0 saturated heterocycles. The number of rotatable bonds is 7. The minimum absolute atomic E-state index is 0.0433. The van der Waals surface area contributed by atoms with E-state index in [0.717, 1.165) is 6.08 Å². The van der Waals surface area contributed by atoms with Gasteiger partial charge in [-0.05, 0) is 50.3 Å². The highest BCUT2D eigenvalue weighted by molar-refractivity contribution is 6.02. The normalized spacial score (nSPS) is 10.2. The fraction of sp³-hybridized carbons (Fsp3) is 0.143. The summed E-state index contributed by atoms with van der Waals surface area (Å²) in [7, 11) is 0. The number of phenols is 1. The summed E-state index contributed by atoms with van der Waals surface area (Å²) in [5, 5.41) is 26.0. The van der Waals surface area contributed by atoms with Gasteiger partial charge in [-0.1, -0.05) is 13.2 Å². The second-order valence-electron chi connectivity index (χ2n) is 5.25. The van der Waals surface area contributed by atoms with Gasteiger partial charge in [0.1, 0.15) is 5.75 Å². The number of allylic oxidation sites excluding steroid dienone is 1. The number of aromatic hydroxyl groups is 1. The van der Waals surface area contributed by atoms with Crippen molar-refractivity contribution in [2.24, 2.45) is 0 Å². The van der Waals surface area contributed by atoms with E-state index in [-0.39, 0.29) is 29.4 Å². The van der Waals surface area contributed by atoms with Gasteiger partial charge in [-0.15, -0.1) is 0 Å². The average Bonchev–Trinajstić information content (AvgIpc) is 2.69. The number of hydrogen-bond donors (Lipinski definition) is 2. The summed E-state index contributed by atoms with van der Waals surface area (Å²) in [6, 6.07) is 7.85. The Bertz CT molecular complexity index is 860. The van der Waals surface area contributed by atoms with Crippen molar-refractivity contribution >= 4 is 23.5 Å². The van der Waals surface area contributed by atoms with Crippen LogP contribution in [-0.4, -0.2) is 34.7 Å². The minimum atomic E-state index is -1.08. The summed E-state index contributed by atoms with van der Waals surface area (Å²) in [6.07, 6.45) is 4.86. The molecule has 0 aliphatic rings. The summed E-state index contributed by atoms with van der Waals surface area (Å²) in [5.74, 6) is -1.91. The second kappa shape index (κ2) is 13.1. The smallest absolute Gasteiger partial charge is 0.337 e. The Labute approximate surface area is 168 Å². The molecule has 0 fully saturated rings. The molecule has 0 aliphatic carbocycles. The standard InChI is InChI=1S/C12H10N2O2.C9H12O4/c1-2-12(16)14(9-3-8-13)10-4-6-11(15)7-5-10;1-4-13-9(12)7(3)5-6(2)8(10)11/h2-7,9,15H,1H2;5H,3-4H2,1-2H3,(H,10,11). The molecule has 1 amide bonds. The number of hydrogen-bond acceptors (Lipinski definition) is 6. The van der Waals surface area contributed by atoms with Gasteiger partial charge in [0.25, 0.3) is 5.91 Å². The lowest BCUT2D eigenvalue weighted by molar-refractivity contribution is -0.138. The third kappa shape index (κ3) is 9.40. The predicted molar refractivity (Wildman–Crippen MR) is 108 cm³/mol. The number of esters is 1. The second-order valence-corrected chi connectivity index (χ2v) is 5.25. The van der Waals surface area contributed by atoms with Crippen LogP contribution in [0.15, 0.2) is 73.0 Å². The maximum atomic E-state index is 11.5. The van der Waals surface area contributed by atoms with Crippen molar-refractivity contribution in [1.29, 1.82) is 5.26 Å². The molecule has 1 aromatic carbocycles. The van der Waals surface area contributed by atoms with Crippen LogP contribution < -0.4 is 4.90 Å². The van der Waals surface area contributed by atoms with E-state index >= 15 is 0 Å². The number of amides is 1. The molecular weight excluding hydrogens is 376 g/mol. The molecule has 0 saturated carbocycles. The molecule has 1 rings (SSSR count). The Morgan fingerprint density at radius 1 is 1.28 bits per heavy atom. The van der Waals surface area contributed by atoms with Crippen LogP contribution in [0, 0.1) is 11.3 Å². The Kier molecular flexibility index (Phi) is 11.2. The van der Waals surface area contributed by atoms with E-state index in [1.807, 2.05) is 0 Å². The molecule has 0 atom stereocenters. The summed E-state index contributed by atoms with van der Waals surface area (Å²) >= 11 is 0. The highest BCUT2D eigenvalue weighted by Gasteiger charge is 2.09. The number of nitriles is 1. The molecule has 29 heavy (non-hydrogen) atoms. The zero-order valence-electron chi connectivity index (χ0n) is 16.2. The summed E-state index contributed by atoms with van der Waals surface area (Å²) in [6.45, 7) is 10.1. The Morgan fingerprint density at radius 2 is 1.86 bits per heavy atom. The lowest BCUT2D eigenvalue weighted by Crippen LogP contribution is -2.22. The van der Waals surface area contributed by atoms with Gasteiger partial charge in [0.15, 0.2) is 0 Å². The molecule has 1 aromatic rings. The third-order valence-corrected chi connectivity index (χ3v) is 3.10. The maximum absolute atomic E-state index is 11.5. The first-order chi connectivity index (χ1) is 13.7. The van der Waals surface area contributed by atoms with Crippen molar-refractivity contribution in [3.63, 3.8) is 0 Å². The number of ether oxygens (including phenoxy) is 1. The number of aliphatic carboxylic acids is 1. The summed E-state index contributed by atoms with van der Waals surface area (Å²) in [5.41, 5.74) is 0.647. The van der Waals surface area contributed by atoms with E-state index < -0.39 is 11.9 Å². The van der Waals surface area contributed by atoms with Crippen molar-refractivity contribution in [2.45, 2.75) is 13.8 Å². The molecule has 0 spiro atoms. The van der Waals surface area contributed by atoms with Crippen molar-refractivity contribution in [3.05, 3.63) is 73.0 Å². The van der Waals surface area contributed by atoms with E-state index in [2.05, 4.69) is 17.9 Å². The van der Waals surface area contributed by atoms with Crippen LogP contribution in [0.5, 0.6) is 5.75 Å². The first-order valence-electron chi connectivity index (χ1n) is 8.26. The van der Waals surface area contributed by atoms with Crippen LogP contribution in [0.1, 0.15) is 13.8 Å². The van der Waals surface area contributed by atoms with Gasteiger partial charge in [-0.2, -0.15) is 5.26 Å². The third-order valence-electron chi connectivity index (χ3n) is 3.10. The van der Waals surface area contributed by atoms with Crippen LogP contribution in [0.3, 0.4) is 0 Å². The quantitative estimate of drug-likeness (QED) is 0.313. The molecule has 152 valence electrons. The zero-order chi connectivity index (χ0) is 22.4. The molecule has 0 aliphatic heterocycles. The number of anilines is 1. The molecule has 2 N–H and O–H groups in total. The van der Waals surface area contributed by atoms with Crippen LogP contribution in [0.2, 0.25) is 0 Å². The van der Waals surface area contributed by atoms with Crippen LogP contribution in [0.4, 0.5) is 5.69 Å². The van der Waals surface area contributed by atoms with Crippen LogP contribution in [0.25, 0.3) is 0 Å². The van der Waals surface area contributed by atoms with E-state index in [1.54, 1.807) is 25.1 Å². The van der Waals surface area contributed by atoms with Gasteiger partial charge >= 0.3 is 11.9 Å². The first kappa shape index (κ1) is 24.9. The lowest BCUT2D eigenvalue weighted by Gasteiger charge is -2.15. The number of carboxylic acid groups (broad SMARTS) is 1. The fourth-order valence-electron chi connectivity index (χ4n) is 1.71. The Morgan fingerprint density at radius 3 is 2.31 bits per heavy atom. The number of phenolic OH excluding ortho intramolecular Hbond substituents is 1. The summed E-state index contributed by atoms with van der Waals surface area (Å²) in [4.78, 5) is 34.0. The van der Waals surface area contributed by atoms with Crippen molar-refractivity contribution in [2.75, 3.05) is 11.5 Å². The monoisotopic (exact) mass is 398 g/mol. The number of carbonyl (C=O) groups is 3. The highest BCUT2D eigenvalue weighted by Crippen LogP contribution is 2.19. The predicted octanol–water partition coefficient (Wildman–Crippen LogP) is 3.09. The Balaban J connectivity index is 0.000000555. The van der Waals surface area contributed by atoms with E-state index in [4.69, 9.17) is 15.5 Å². The molecule has 0 bridgehead atoms. The summed E-state index contributed by atoms with van der Waals surface area (Å²) < 4.78 is 4.61. The number of carbonyl (C=O) groups excluding carboxylic acids is 2. The van der Waals surface area contributed by atoms with Gasteiger partial charge in [-0.25, -0.2) is 9.59 Å². The number of nitrogens with zero attached hydrogens (tertiary/aromatic N) is 2. The molecule has 8 heteroatoms. The van der Waals surface area contributed by atoms with Gasteiger partial charge in [0.05, 0.1) is 18.2 Å². The van der Waals surface area contributed by atoms with Crippen LogP contribution >= 0.6 is 0 Å². The lowest BCUT2D eigenvalue weighted by atomic mass is 10.2. The van der Waals surface area contributed by atoms with Crippen molar-refractivity contribution in [3.8, 4) is 11.8 Å². The minimum Gasteiger partial charge on any atom is -0.508 e. The van der Waals surface area contributed by atoms with Gasteiger partial charge in [-0.3, -0.25) is 9.69 Å². The zero-order valence-corrected chi connectivity index (χ0v) is 16.2. The largest absolute Gasteiger partial charge is 0.508 e. The number of carboxylic acids is 1. The van der Waals surface area contributed by atoms with Gasteiger partial charge in [0, 0.05) is 23.5 Å². The van der Waals surface area contributed by atoms with E-state index in [1.165, 1.54) is 42.3 Å². The SMILES string of the molecule is C=C(C=C(C)C(=O)O)C(=O)OCC.C=CC(=O)N(C=CC#N)c1ccc(O)cc1. The van der Waals surface area contributed by atoms with Crippen molar-refractivity contribution < 1.29 is 29.3 Å². The molecule has 0 aromatic heterocycles.